The second-order valence-electron chi connectivity index (χ2n) is 8.63. The van der Waals surface area contributed by atoms with Crippen molar-refractivity contribution >= 4 is 29.0 Å². The Morgan fingerprint density at radius 3 is 2.56 bits per heavy atom. The van der Waals surface area contributed by atoms with E-state index in [1.807, 2.05) is 23.8 Å². The molecule has 11 heteroatoms. The third-order valence-corrected chi connectivity index (χ3v) is 6.44. The number of aryl methyl sites for hydroxylation is 1. The zero-order chi connectivity index (χ0) is 22.6. The summed E-state index contributed by atoms with van der Waals surface area (Å²) in [5, 5.41) is 6.59. The molecule has 1 atom stereocenters. The molecule has 2 aliphatic heterocycles. The number of likely N-dealkylation sites (N-methyl/N-ethyl adjacent to an activating group) is 1. The largest absolute Gasteiger partial charge is 0.433 e. The van der Waals surface area contributed by atoms with Gasteiger partial charge in [0.25, 0.3) is 0 Å². The summed E-state index contributed by atoms with van der Waals surface area (Å²) >= 11 is 0. The molecule has 0 radical (unpaired) electrons. The highest BCUT2D eigenvalue weighted by atomic mass is 19.4. The van der Waals surface area contributed by atoms with Gasteiger partial charge in [-0.25, -0.2) is 9.97 Å². The van der Waals surface area contributed by atoms with Gasteiger partial charge in [0.15, 0.2) is 5.82 Å². The van der Waals surface area contributed by atoms with Crippen LogP contribution in [0.5, 0.6) is 0 Å². The number of alkyl halides is 3. The number of nitrogens with zero attached hydrogens (tertiary/aromatic N) is 5. The normalized spacial score (nSPS) is 24.7. The van der Waals surface area contributed by atoms with Gasteiger partial charge in [0, 0.05) is 25.7 Å². The van der Waals surface area contributed by atoms with Crippen LogP contribution >= 0.6 is 0 Å². The fraction of sp³-hybridized carbons (Fsp3) is 0.524. The van der Waals surface area contributed by atoms with Crippen LogP contribution in [0.2, 0.25) is 0 Å². The van der Waals surface area contributed by atoms with E-state index >= 15 is 0 Å². The van der Waals surface area contributed by atoms with Gasteiger partial charge in [0.1, 0.15) is 17.4 Å². The number of carbonyl (C=O) groups is 1. The van der Waals surface area contributed by atoms with E-state index in [-0.39, 0.29) is 24.0 Å². The second-order valence-corrected chi connectivity index (χ2v) is 8.63. The number of pyridine rings is 1. The van der Waals surface area contributed by atoms with Crippen molar-refractivity contribution in [3.8, 4) is 0 Å². The Balaban J connectivity index is 1.24. The second kappa shape index (κ2) is 7.49. The fourth-order valence-corrected chi connectivity index (χ4v) is 4.48. The summed E-state index contributed by atoms with van der Waals surface area (Å²) in [5.74, 6) is 1.40. The molecular weight excluding hydrogens is 423 g/mol. The van der Waals surface area contributed by atoms with Crippen molar-refractivity contribution in [1.29, 1.82) is 0 Å². The lowest BCUT2D eigenvalue weighted by Gasteiger charge is -2.42. The van der Waals surface area contributed by atoms with E-state index in [0.29, 0.717) is 18.2 Å². The molecule has 2 aromatic rings. The summed E-state index contributed by atoms with van der Waals surface area (Å²) in [6.45, 7) is 2.58. The topological polar surface area (TPSA) is 86.3 Å². The highest BCUT2D eigenvalue weighted by molar-refractivity contribution is 6.05. The Hall–Kier alpha value is -3.11. The summed E-state index contributed by atoms with van der Waals surface area (Å²) in [7, 11) is 1.88. The molecule has 1 aliphatic carbocycles. The van der Waals surface area contributed by atoms with Gasteiger partial charge in [-0.3, -0.25) is 4.79 Å². The maximum Gasteiger partial charge on any atom is 0.433 e. The van der Waals surface area contributed by atoms with Crippen LogP contribution in [0.15, 0.2) is 18.3 Å². The van der Waals surface area contributed by atoms with Crippen LogP contribution in [-0.4, -0.2) is 52.6 Å². The first-order valence-electron chi connectivity index (χ1n) is 10.7. The number of nitrogens with one attached hydrogen (secondary N) is 2. The molecule has 0 bridgehead atoms. The summed E-state index contributed by atoms with van der Waals surface area (Å²) in [6.07, 6.45) is 0.0314. The monoisotopic (exact) mass is 447 g/mol. The van der Waals surface area contributed by atoms with Crippen molar-refractivity contribution in [2.24, 2.45) is 0 Å². The maximum absolute atomic E-state index is 12.6. The number of hydrogen-bond donors (Lipinski definition) is 2. The first kappa shape index (κ1) is 20.8. The van der Waals surface area contributed by atoms with E-state index < -0.39 is 11.9 Å². The zero-order valence-corrected chi connectivity index (χ0v) is 17.8. The third kappa shape index (κ3) is 3.59. The van der Waals surface area contributed by atoms with Gasteiger partial charge in [-0.05, 0) is 44.7 Å². The Morgan fingerprint density at radius 1 is 1.12 bits per heavy atom. The van der Waals surface area contributed by atoms with Gasteiger partial charge in [-0.2, -0.15) is 18.2 Å². The lowest BCUT2D eigenvalue weighted by molar-refractivity contribution is -0.141. The molecule has 2 N–H and O–H groups in total. The van der Waals surface area contributed by atoms with Gasteiger partial charge in [-0.15, -0.1) is 0 Å². The highest BCUT2D eigenvalue weighted by Gasteiger charge is 2.39. The van der Waals surface area contributed by atoms with Crippen molar-refractivity contribution in [3.63, 3.8) is 0 Å². The summed E-state index contributed by atoms with van der Waals surface area (Å²) < 4.78 is 37.9. The molecule has 170 valence electrons. The number of carbonyl (C=O) groups excluding carboxylic acids is 1. The summed E-state index contributed by atoms with van der Waals surface area (Å²) in [5.41, 5.74) is 1.39. The molecule has 1 fully saturated rings. The number of amides is 1. The van der Waals surface area contributed by atoms with Crippen molar-refractivity contribution in [3.05, 3.63) is 29.7 Å². The standard InChI is InChI=1S/C21H24F3N7O/c1-11-19(32)31-7-3-4-15-17(31)18(30(11)2)29-20(28-15)27-14-8-13(9-14)26-12-5-6-16(25-10-12)21(22,23)24/h5-6,10-11,13-14,26H,3-4,7-9H2,1-2H3,(H,27,28,29)/t11-,13-,14-/m0/s1. The lowest BCUT2D eigenvalue weighted by Crippen LogP contribution is -2.53. The van der Waals surface area contributed by atoms with Gasteiger partial charge >= 0.3 is 6.18 Å². The molecule has 0 aromatic carbocycles. The third-order valence-electron chi connectivity index (χ3n) is 6.44. The van der Waals surface area contributed by atoms with Crippen LogP contribution in [0, 0.1) is 0 Å². The van der Waals surface area contributed by atoms with Crippen molar-refractivity contribution in [2.45, 2.75) is 56.9 Å². The zero-order valence-electron chi connectivity index (χ0n) is 17.8. The molecule has 1 saturated carbocycles. The molecule has 3 aliphatic rings. The van der Waals surface area contributed by atoms with Crippen LogP contribution in [0.4, 0.5) is 36.3 Å². The average molecular weight is 447 g/mol. The molecule has 8 nitrogen and oxygen atoms in total. The molecule has 0 saturated heterocycles. The maximum atomic E-state index is 12.6. The van der Waals surface area contributed by atoms with Gasteiger partial charge in [0.05, 0.1) is 17.6 Å². The van der Waals surface area contributed by atoms with Crippen molar-refractivity contribution in [1.82, 2.24) is 15.0 Å². The lowest BCUT2D eigenvalue weighted by atomic mass is 9.86. The van der Waals surface area contributed by atoms with Crippen molar-refractivity contribution < 1.29 is 18.0 Å². The van der Waals surface area contributed by atoms with Crippen LogP contribution in [-0.2, 0) is 17.4 Å². The Labute approximate surface area is 183 Å². The summed E-state index contributed by atoms with van der Waals surface area (Å²) in [6, 6.07) is 2.41. The molecule has 1 amide bonds. The fourth-order valence-electron chi connectivity index (χ4n) is 4.48. The predicted molar refractivity (Wildman–Crippen MR) is 114 cm³/mol. The SMILES string of the molecule is C[C@H]1C(=O)N2CCCc3nc(N[C@H]4C[C@H](Nc5ccc(C(F)(F)F)nc5)C4)nc(c32)N1C. The number of halogens is 3. The van der Waals surface area contributed by atoms with E-state index in [4.69, 9.17) is 4.98 Å². The van der Waals surface area contributed by atoms with E-state index in [2.05, 4.69) is 20.6 Å². The van der Waals surface area contributed by atoms with Crippen LogP contribution in [0.3, 0.4) is 0 Å². The van der Waals surface area contributed by atoms with Gasteiger partial charge in [0.2, 0.25) is 11.9 Å². The molecule has 0 unspecified atom stereocenters. The van der Waals surface area contributed by atoms with Crippen LogP contribution < -0.4 is 20.4 Å². The predicted octanol–water partition coefficient (Wildman–Crippen LogP) is 3.06. The number of anilines is 4. The van der Waals surface area contributed by atoms with E-state index in [1.165, 1.54) is 12.3 Å². The minimum atomic E-state index is -4.44. The number of rotatable bonds is 4. The Kier molecular flexibility index (Phi) is 4.86. The number of aromatic nitrogens is 3. The minimum absolute atomic E-state index is 0.0796. The van der Waals surface area contributed by atoms with Crippen LogP contribution in [0.25, 0.3) is 0 Å². The number of hydrogen-bond acceptors (Lipinski definition) is 7. The molecule has 4 heterocycles. The molecular formula is C21H24F3N7O. The summed E-state index contributed by atoms with van der Waals surface area (Å²) in [4.78, 5) is 29.2. The first-order valence-corrected chi connectivity index (χ1v) is 10.7. The quantitative estimate of drug-likeness (QED) is 0.745. The minimum Gasteiger partial charge on any atom is -0.381 e. The van der Waals surface area contributed by atoms with Gasteiger partial charge < -0.3 is 20.4 Å². The average Bonchev–Trinajstić information content (AvgIpc) is 2.74. The molecule has 5 rings (SSSR count). The van der Waals surface area contributed by atoms with Crippen molar-refractivity contribution in [2.75, 3.05) is 34.0 Å². The first-order chi connectivity index (χ1) is 15.2. The van der Waals surface area contributed by atoms with E-state index in [9.17, 15) is 18.0 Å². The highest BCUT2D eigenvalue weighted by Crippen LogP contribution is 2.40. The Morgan fingerprint density at radius 2 is 1.88 bits per heavy atom. The Bertz CT molecular complexity index is 1040. The molecule has 0 spiro atoms. The molecule has 2 aromatic heterocycles. The van der Waals surface area contributed by atoms with E-state index in [0.717, 1.165) is 48.9 Å². The van der Waals surface area contributed by atoms with E-state index in [1.54, 1.807) is 0 Å². The van der Waals surface area contributed by atoms with Crippen LogP contribution in [0.1, 0.15) is 37.6 Å². The molecule has 32 heavy (non-hydrogen) atoms. The smallest absolute Gasteiger partial charge is 0.381 e. The van der Waals surface area contributed by atoms with Gasteiger partial charge in [-0.1, -0.05) is 0 Å².